The van der Waals surface area contributed by atoms with Crippen LogP contribution in [-0.2, 0) is 4.74 Å². The summed E-state index contributed by atoms with van der Waals surface area (Å²) in [7, 11) is 0. The molecule has 0 spiro atoms. The third-order valence-electron chi connectivity index (χ3n) is 6.13. The van der Waals surface area contributed by atoms with Crippen molar-refractivity contribution in [3.05, 3.63) is 47.3 Å². The molecule has 2 saturated carbocycles. The van der Waals surface area contributed by atoms with Crippen LogP contribution in [0.5, 0.6) is 0 Å². The van der Waals surface area contributed by atoms with E-state index in [2.05, 4.69) is 18.2 Å². The van der Waals surface area contributed by atoms with E-state index >= 15 is 0 Å². The van der Waals surface area contributed by atoms with E-state index in [0.29, 0.717) is 17.9 Å². The van der Waals surface area contributed by atoms with Gasteiger partial charge in [0, 0.05) is 6.61 Å². The molecule has 0 saturated heterocycles. The maximum Gasteiger partial charge on any atom is 0.196 e. The van der Waals surface area contributed by atoms with Gasteiger partial charge in [0.2, 0.25) is 0 Å². The molecule has 0 N–H and O–H groups in total. The van der Waals surface area contributed by atoms with Gasteiger partial charge in [0.1, 0.15) is 6.07 Å². The molecular weight excluding hydrogens is 339 g/mol. The Morgan fingerprint density at radius 3 is 2.26 bits per heavy atom. The Kier molecular flexibility index (Phi) is 7.02. The number of nitriles is 2. The lowest BCUT2D eigenvalue weighted by Gasteiger charge is -2.32. The summed E-state index contributed by atoms with van der Waals surface area (Å²) in [6, 6.07) is 11.7. The molecule has 27 heavy (non-hydrogen) atoms. The summed E-state index contributed by atoms with van der Waals surface area (Å²) in [6.07, 6.45) is 10.3. The van der Waals surface area contributed by atoms with Crippen LogP contribution < -0.4 is 0 Å². The van der Waals surface area contributed by atoms with Crippen LogP contribution in [0.4, 0.5) is 4.39 Å². The normalized spacial score (nSPS) is 28.9. The van der Waals surface area contributed by atoms with E-state index in [1.54, 1.807) is 6.07 Å². The van der Waals surface area contributed by atoms with Gasteiger partial charge in [-0.15, -0.1) is 0 Å². The van der Waals surface area contributed by atoms with Gasteiger partial charge in [0.05, 0.1) is 17.7 Å². The lowest BCUT2D eigenvalue weighted by molar-refractivity contribution is -0.00340. The lowest BCUT2D eigenvalue weighted by atomic mass is 9.81. The zero-order valence-corrected chi connectivity index (χ0v) is 15.7. The van der Waals surface area contributed by atoms with Crippen molar-refractivity contribution < 1.29 is 9.13 Å². The fourth-order valence-corrected chi connectivity index (χ4v) is 4.43. The Morgan fingerprint density at radius 1 is 1.00 bits per heavy atom. The van der Waals surface area contributed by atoms with E-state index in [1.807, 2.05) is 12.1 Å². The minimum atomic E-state index is -0.645. The van der Waals surface area contributed by atoms with Crippen molar-refractivity contribution in [2.24, 2.45) is 11.8 Å². The molecule has 1 aromatic carbocycles. The van der Waals surface area contributed by atoms with Crippen LogP contribution in [0.1, 0.15) is 68.4 Å². The van der Waals surface area contributed by atoms with E-state index in [-0.39, 0.29) is 5.92 Å². The highest BCUT2D eigenvalue weighted by atomic mass is 19.1. The first-order chi connectivity index (χ1) is 13.2. The third kappa shape index (κ3) is 5.65. The maximum atomic E-state index is 13.1. The number of hydrogen-bond donors (Lipinski definition) is 0. The molecule has 0 radical (unpaired) electrons. The van der Waals surface area contributed by atoms with Crippen molar-refractivity contribution in [3.8, 4) is 12.1 Å². The minimum Gasteiger partial charge on any atom is -0.378 e. The molecule has 3 rings (SSSR count). The topological polar surface area (TPSA) is 56.8 Å². The van der Waals surface area contributed by atoms with Crippen LogP contribution in [0.25, 0.3) is 0 Å². The van der Waals surface area contributed by atoms with Crippen LogP contribution in [0.15, 0.2) is 36.2 Å². The van der Waals surface area contributed by atoms with E-state index in [9.17, 15) is 4.39 Å². The average Bonchev–Trinajstić information content (AvgIpc) is 2.73. The molecular formula is C23H27FN2O. The summed E-state index contributed by atoms with van der Waals surface area (Å²) in [5.41, 5.74) is 2.06. The van der Waals surface area contributed by atoms with Crippen molar-refractivity contribution >= 4 is 0 Å². The first-order valence-electron chi connectivity index (χ1n) is 10.1. The number of benzene rings is 1. The second-order valence-electron chi connectivity index (χ2n) is 7.95. The van der Waals surface area contributed by atoms with Gasteiger partial charge in [0.25, 0.3) is 0 Å². The van der Waals surface area contributed by atoms with E-state index in [0.717, 1.165) is 63.5 Å². The molecule has 1 aromatic rings. The van der Waals surface area contributed by atoms with Crippen LogP contribution >= 0.6 is 0 Å². The first kappa shape index (κ1) is 19.6. The summed E-state index contributed by atoms with van der Waals surface area (Å²) >= 11 is 0. The van der Waals surface area contributed by atoms with Crippen molar-refractivity contribution in [1.29, 1.82) is 10.5 Å². The number of rotatable bonds is 5. The van der Waals surface area contributed by atoms with Gasteiger partial charge in [-0.2, -0.15) is 14.9 Å². The van der Waals surface area contributed by atoms with Crippen molar-refractivity contribution in [2.45, 2.75) is 63.4 Å². The lowest BCUT2D eigenvalue weighted by Crippen LogP contribution is -2.25. The standard InChI is InChI=1S/C23H27FN2O/c24-22(15-26)13-17-1-3-19(4-2-17)16-27-23-11-9-21(10-12-23)20-7-5-18(14-25)6-8-20/h5-8,13,17,19,21,23H,1-4,9-12,16H2/b22-13+. The van der Waals surface area contributed by atoms with Crippen molar-refractivity contribution in [1.82, 2.24) is 0 Å². The summed E-state index contributed by atoms with van der Waals surface area (Å²) < 4.78 is 19.3. The fraction of sp³-hybridized carbons (Fsp3) is 0.565. The fourth-order valence-electron chi connectivity index (χ4n) is 4.43. The second-order valence-corrected chi connectivity index (χ2v) is 7.95. The SMILES string of the molecule is N#C/C(F)=C\C1CCC(COC2CCC(c3ccc(C#N)cc3)CC2)CC1. The Balaban J connectivity index is 1.36. The summed E-state index contributed by atoms with van der Waals surface area (Å²) in [5, 5.41) is 17.4. The van der Waals surface area contributed by atoms with Crippen molar-refractivity contribution in [3.63, 3.8) is 0 Å². The van der Waals surface area contributed by atoms with Crippen molar-refractivity contribution in [2.75, 3.05) is 6.61 Å². The Bertz CT molecular complexity index is 712. The molecule has 0 heterocycles. The van der Waals surface area contributed by atoms with Gasteiger partial charge in [-0.25, -0.2) is 0 Å². The highest BCUT2D eigenvalue weighted by Gasteiger charge is 2.25. The first-order valence-corrected chi connectivity index (χ1v) is 10.1. The van der Waals surface area contributed by atoms with Crippen LogP contribution in [0.3, 0.4) is 0 Å². The molecule has 142 valence electrons. The van der Waals surface area contributed by atoms with Gasteiger partial charge in [-0.05, 0) is 92.9 Å². The smallest absolute Gasteiger partial charge is 0.196 e. The largest absolute Gasteiger partial charge is 0.378 e. The van der Waals surface area contributed by atoms with Crippen LogP contribution in [0, 0.1) is 34.5 Å². The molecule has 0 unspecified atom stereocenters. The molecule has 0 amide bonds. The van der Waals surface area contributed by atoms with Gasteiger partial charge in [0.15, 0.2) is 5.83 Å². The predicted octanol–water partition coefficient (Wildman–Crippen LogP) is 5.78. The number of halogens is 1. The summed E-state index contributed by atoms with van der Waals surface area (Å²) in [4.78, 5) is 0. The molecule has 0 atom stereocenters. The zero-order chi connectivity index (χ0) is 19.1. The monoisotopic (exact) mass is 366 g/mol. The van der Waals surface area contributed by atoms with Gasteiger partial charge in [-0.1, -0.05) is 12.1 Å². The summed E-state index contributed by atoms with van der Waals surface area (Å²) in [5.74, 6) is 0.711. The zero-order valence-electron chi connectivity index (χ0n) is 15.7. The summed E-state index contributed by atoms with van der Waals surface area (Å²) in [6.45, 7) is 0.809. The molecule has 3 nitrogen and oxygen atoms in total. The molecule has 4 heteroatoms. The Labute approximate surface area is 161 Å². The predicted molar refractivity (Wildman–Crippen MR) is 102 cm³/mol. The number of ether oxygens (including phenoxy) is 1. The van der Waals surface area contributed by atoms with Crippen LogP contribution in [-0.4, -0.2) is 12.7 Å². The van der Waals surface area contributed by atoms with E-state index in [1.165, 1.54) is 11.6 Å². The number of hydrogen-bond acceptors (Lipinski definition) is 3. The van der Waals surface area contributed by atoms with Crippen LogP contribution in [0.2, 0.25) is 0 Å². The molecule has 0 aliphatic heterocycles. The number of nitrogens with zero attached hydrogens (tertiary/aromatic N) is 2. The third-order valence-corrected chi connectivity index (χ3v) is 6.13. The highest BCUT2D eigenvalue weighted by Crippen LogP contribution is 2.35. The molecule has 0 bridgehead atoms. The van der Waals surface area contributed by atoms with E-state index in [4.69, 9.17) is 15.3 Å². The highest BCUT2D eigenvalue weighted by molar-refractivity contribution is 5.33. The number of allylic oxidation sites excluding steroid dienone is 2. The molecule has 2 fully saturated rings. The Hall–Kier alpha value is -2.17. The molecule has 2 aliphatic rings. The Morgan fingerprint density at radius 2 is 1.67 bits per heavy atom. The molecule has 0 aromatic heterocycles. The van der Waals surface area contributed by atoms with Gasteiger partial charge in [-0.3, -0.25) is 0 Å². The second kappa shape index (κ2) is 9.67. The van der Waals surface area contributed by atoms with E-state index < -0.39 is 5.83 Å². The van der Waals surface area contributed by atoms with Gasteiger partial charge >= 0.3 is 0 Å². The average molecular weight is 366 g/mol. The minimum absolute atomic E-state index is 0.212. The maximum absolute atomic E-state index is 13.1. The molecule has 2 aliphatic carbocycles. The quantitative estimate of drug-likeness (QED) is 0.620. The van der Waals surface area contributed by atoms with Gasteiger partial charge < -0.3 is 4.74 Å².